The van der Waals surface area contributed by atoms with Gasteiger partial charge in [0.25, 0.3) is 0 Å². The zero-order valence-electron chi connectivity index (χ0n) is 14.7. The summed E-state index contributed by atoms with van der Waals surface area (Å²) in [6.45, 7) is 5.09. The highest BCUT2D eigenvalue weighted by Gasteiger charge is 2.21. The number of ether oxygens (including phenoxy) is 2. The van der Waals surface area contributed by atoms with Gasteiger partial charge in [0.05, 0.1) is 13.7 Å². The molecule has 130 valence electrons. The molecule has 0 amide bonds. The van der Waals surface area contributed by atoms with Crippen molar-refractivity contribution in [3.63, 3.8) is 0 Å². The maximum absolute atomic E-state index is 12.1. The van der Waals surface area contributed by atoms with Gasteiger partial charge in [0.2, 0.25) is 0 Å². The molecule has 1 rings (SSSR count). The molecular weight excluding hydrogens is 308 g/mol. The molecule has 0 saturated heterocycles. The molecule has 1 unspecified atom stereocenters. The van der Waals surface area contributed by atoms with E-state index in [9.17, 15) is 4.79 Å². The van der Waals surface area contributed by atoms with E-state index in [0.717, 1.165) is 42.9 Å². The topological polar surface area (TPSA) is 35.5 Å². The highest BCUT2D eigenvalue weighted by molar-refractivity contribution is 8.00. The van der Waals surface area contributed by atoms with Gasteiger partial charge in [-0.15, -0.1) is 11.8 Å². The molecule has 0 aliphatic rings. The molecule has 0 saturated carbocycles. The van der Waals surface area contributed by atoms with Gasteiger partial charge in [-0.3, -0.25) is 4.79 Å². The molecule has 0 fully saturated rings. The highest BCUT2D eigenvalue weighted by Crippen LogP contribution is 2.32. The first-order valence-corrected chi connectivity index (χ1v) is 9.70. The third-order valence-electron chi connectivity index (χ3n) is 3.65. The first kappa shape index (κ1) is 19.9. The fourth-order valence-corrected chi connectivity index (χ4v) is 3.40. The predicted molar refractivity (Wildman–Crippen MR) is 98.2 cm³/mol. The summed E-state index contributed by atoms with van der Waals surface area (Å²) >= 11 is 1.67. The number of thioether (sulfide) groups is 1. The number of carbonyl (C=O) groups excluding carboxylic acids is 1. The Bertz CT molecular complexity index is 431. The highest BCUT2D eigenvalue weighted by atomic mass is 32.2. The summed E-state index contributed by atoms with van der Waals surface area (Å²) < 4.78 is 10.6. The van der Waals surface area contributed by atoms with Crippen LogP contribution >= 0.6 is 11.8 Å². The maximum Gasteiger partial charge on any atom is 0.323 e. The van der Waals surface area contributed by atoms with Gasteiger partial charge >= 0.3 is 5.97 Å². The van der Waals surface area contributed by atoms with E-state index >= 15 is 0 Å². The standard InChI is InChI=1S/C19H30O3S/c1-4-6-8-9-15-23-18(19(20)21-3)16-10-12-17(13-11-16)22-14-7-5-2/h10-13,18H,4-9,14-15H2,1-3H3. The molecule has 0 aliphatic carbocycles. The predicted octanol–water partition coefficient (Wildman–Crippen LogP) is 5.39. The molecule has 1 atom stereocenters. The van der Waals surface area contributed by atoms with Gasteiger partial charge in [0, 0.05) is 0 Å². The van der Waals surface area contributed by atoms with Crippen LogP contribution in [0.3, 0.4) is 0 Å². The Balaban J connectivity index is 2.58. The SMILES string of the molecule is CCCCCCSC(C(=O)OC)c1ccc(OCCCC)cc1. The molecular formula is C19H30O3S. The van der Waals surface area contributed by atoms with Gasteiger partial charge in [-0.1, -0.05) is 51.7 Å². The van der Waals surface area contributed by atoms with Gasteiger partial charge in [-0.05, 0) is 36.3 Å². The number of hydrogen-bond donors (Lipinski definition) is 0. The molecule has 0 N–H and O–H groups in total. The average Bonchev–Trinajstić information content (AvgIpc) is 2.58. The van der Waals surface area contributed by atoms with E-state index in [4.69, 9.17) is 9.47 Å². The monoisotopic (exact) mass is 338 g/mol. The van der Waals surface area contributed by atoms with Crippen molar-refractivity contribution in [2.45, 2.75) is 57.6 Å². The molecule has 0 heterocycles. The number of rotatable bonds is 12. The third kappa shape index (κ3) is 7.78. The zero-order valence-corrected chi connectivity index (χ0v) is 15.5. The first-order valence-electron chi connectivity index (χ1n) is 8.65. The van der Waals surface area contributed by atoms with Crippen molar-refractivity contribution in [3.8, 4) is 5.75 Å². The van der Waals surface area contributed by atoms with Crippen LogP contribution < -0.4 is 4.74 Å². The second-order valence-corrected chi connectivity index (χ2v) is 6.82. The van der Waals surface area contributed by atoms with E-state index in [-0.39, 0.29) is 11.2 Å². The molecule has 0 aliphatic heterocycles. The molecule has 1 aromatic carbocycles. The minimum absolute atomic E-state index is 0.176. The summed E-state index contributed by atoms with van der Waals surface area (Å²) in [6.07, 6.45) is 7.03. The van der Waals surface area contributed by atoms with E-state index in [1.807, 2.05) is 24.3 Å². The van der Waals surface area contributed by atoms with E-state index in [1.165, 1.54) is 26.4 Å². The second kappa shape index (κ2) is 12.3. The Labute approximate surface area is 145 Å². The molecule has 0 spiro atoms. The Morgan fingerprint density at radius 2 is 1.74 bits per heavy atom. The van der Waals surface area contributed by atoms with Gasteiger partial charge in [0.1, 0.15) is 11.0 Å². The Morgan fingerprint density at radius 3 is 2.35 bits per heavy atom. The lowest BCUT2D eigenvalue weighted by Crippen LogP contribution is -2.12. The minimum Gasteiger partial charge on any atom is -0.494 e. The quantitative estimate of drug-likeness (QED) is 0.378. The fourth-order valence-electron chi connectivity index (χ4n) is 2.21. The lowest BCUT2D eigenvalue weighted by atomic mass is 10.1. The minimum atomic E-state index is -0.244. The number of benzene rings is 1. The van der Waals surface area contributed by atoms with E-state index in [1.54, 1.807) is 11.8 Å². The summed E-state index contributed by atoms with van der Waals surface area (Å²) in [5.41, 5.74) is 0.986. The number of methoxy groups -OCH3 is 1. The van der Waals surface area contributed by atoms with E-state index in [2.05, 4.69) is 13.8 Å². The van der Waals surface area contributed by atoms with Crippen molar-refractivity contribution in [1.82, 2.24) is 0 Å². The van der Waals surface area contributed by atoms with Crippen LogP contribution in [0.4, 0.5) is 0 Å². The van der Waals surface area contributed by atoms with Crippen LogP contribution in [0.2, 0.25) is 0 Å². The van der Waals surface area contributed by atoms with Crippen LogP contribution in [0.25, 0.3) is 0 Å². The fraction of sp³-hybridized carbons (Fsp3) is 0.632. The normalized spacial score (nSPS) is 12.0. The van der Waals surface area contributed by atoms with Crippen molar-refractivity contribution in [2.24, 2.45) is 0 Å². The van der Waals surface area contributed by atoms with E-state index in [0.29, 0.717) is 0 Å². The molecule has 4 heteroatoms. The van der Waals surface area contributed by atoms with Gasteiger partial charge in [-0.2, -0.15) is 0 Å². The van der Waals surface area contributed by atoms with Crippen LogP contribution in [-0.4, -0.2) is 25.4 Å². The van der Waals surface area contributed by atoms with Crippen LogP contribution in [0.1, 0.15) is 63.2 Å². The Hall–Kier alpha value is -1.16. The lowest BCUT2D eigenvalue weighted by Gasteiger charge is -2.15. The van der Waals surface area contributed by atoms with Gasteiger partial charge in [-0.25, -0.2) is 0 Å². The summed E-state index contributed by atoms with van der Waals surface area (Å²) in [4.78, 5) is 12.1. The second-order valence-electron chi connectivity index (χ2n) is 5.61. The Kier molecular flexibility index (Phi) is 10.6. The zero-order chi connectivity index (χ0) is 16.9. The van der Waals surface area contributed by atoms with Gasteiger partial charge in [0.15, 0.2) is 0 Å². The number of carbonyl (C=O) groups is 1. The smallest absolute Gasteiger partial charge is 0.323 e. The van der Waals surface area contributed by atoms with Gasteiger partial charge < -0.3 is 9.47 Å². The third-order valence-corrected chi connectivity index (χ3v) is 4.97. The molecule has 23 heavy (non-hydrogen) atoms. The van der Waals surface area contributed by atoms with Crippen molar-refractivity contribution in [2.75, 3.05) is 19.5 Å². The molecule has 1 aromatic rings. The molecule has 0 radical (unpaired) electrons. The molecule has 3 nitrogen and oxygen atoms in total. The number of hydrogen-bond acceptors (Lipinski definition) is 4. The summed E-state index contributed by atoms with van der Waals surface area (Å²) in [5.74, 6) is 1.66. The summed E-state index contributed by atoms with van der Waals surface area (Å²) in [5, 5.41) is -0.244. The maximum atomic E-state index is 12.1. The number of esters is 1. The lowest BCUT2D eigenvalue weighted by molar-refractivity contribution is -0.140. The van der Waals surface area contributed by atoms with Crippen molar-refractivity contribution < 1.29 is 14.3 Å². The first-order chi connectivity index (χ1) is 11.2. The van der Waals surface area contributed by atoms with Crippen molar-refractivity contribution in [1.29, 1.82) is 0 Å². The largest absolute Gasteiger partial charge is 0.494 e. The van der Waals surface area contributed by atoms with Crippen molar-refractivity contribution >= 4 is 17.7 Å². The average molecular weight is 339 g/mol. The molecule has 0 aromatic heterocycles. The van der Waals surface area contributed by atoms with Crippen LogP contribution in [0.5, 0.6) is 5.75 Å². The van der Waals surface area contributed by atoms with Crippen LogP contribution in [-0.2, 0) is 9.53 Å². The summed E-state index contributed by atoms with van der Waals surface area (Å²) in [6, 6.07) is 7.83. The summed E-state index contributed by atoms with van der Waals surface area (Å²) in [7, 11) is 1.45. The van der Waals surface area contributed by atoms with Crippen LogP contribution in [0.15, 0.2) is 24.3 Å². The Morgan fingerprint density at radius 1 is 1.04 bits per heavy atom. The number of unbranched alkanes of at least 4 members (excludes halogenated alkanes) is 4. The van der Waals surface area contributed by atoms with Crippen LogP contribution in [0, 0.1) is 0 Å². The molecule has 0 bridgehead atoms. The van der Waals surface area contributed by atoms with E-state index < -0.39 is 0 Å². The van der Waals surface area contributed by atoms with Crippen molar-refractivity contribution in [3.05, 3.63) is 29.8 Å².